The predicted octanol–water partition coefficient (Wildman–Crippen LogP) is 3.08. The van der Waals surface area contributed by atoms with E-state index in [0.29, 0.717) is 13.1 Å². The number of rotatable bonds is 1. The zero-order chi connectivity index (χ0) is 15.6. The summed E-state index contributed by atoms with van der Waals surface area (Å²) in [5, 5.41) is 10.4. The molecular weight excluding hydrogens is 266 g/mol. The Hall–Kier alpha value is -1.55. The lowest BCUT2D eigenvalue weighted by molar-refractivity contribution is -0.00156. The van der Waals surface area contributed by atoms with Gasteiger partial charge in [-0.15, -0.1) is 0 Å². The van der Waals surface area contributed by atoms with E-state index in [0.717, 1.165) is 6.42 Å². The summed E-state index contributed by atoms with van der Waals surface area (Å²) in [5.41, 5.74) is 1.86. The van der Waals surface area contributed by atoms with E-state index in [2.05, 4.69) is 19.1 Å². The zero-order valence-corrected chi connectivity index (χ0v) is 13.3. The topological polar surface area (TPSA) is 49.8 Å². The summed E-state index contributed by atoms with van der Waals surface area (Å²) in [4.78, 5) is 13.7. The minimum atomic E-state index is -0.549. The monoisotopic (exact) mass is 291 g/mol. The van der Waals surface area contributed by atoms with Gasteiger partial charge in [-0.1, -0.05) is 24.3 Å². The van der Waals surface area contributed by atoms with E-state index >= 15 is 0 Å². The van der Waals surface area contributed by atoms with Gasteiger partial charge < -0.3 is 14.7 Å². The highest BCUT2D eigenvalue weighted by atomic mass is 16.6. The molecule has 0 bridgehead atoms. The van der Waals surface area contributed by atoms with Crippen molar-refractivity contribution in [2.75, 3.05) is 13.1 Å². The number of hydrogen-bond donors (Lipinski definition) is 1. The van der Waals surface area contributed by atoms with Crippen LogP contribution in [-0.4, -0.2) is 40.9 Å². The molecule has 21 heavy (non-hydrogen) atoms. The Labute approximate surface area is 126 Å². The molecule has 1 aromatic rings. The van der Waals surface area contributed by atoms with Crippen LogP contribution in [0, 0.1) is 6.92 Å². The molecule has 0 spiro atoms. The lowest BCUT2D eigenvalue weighted by atomic mass is 9.85. The van der Waals surface area contributed by atoms with Crippen LogP contribution in [0.2, 0.25) is 0 Å². The summed E-state index contributed by atoms with van der Waals surface area (Å²) in [7, 11) is 0. The van der Waals surface area contributed by atoms with Crippen molar-refractivity contribution in [3.63, 3.8) is 0 Å². The Balaban J connectivity index is 2.03. The van der Waals surface area contributed by atoms with Crippen LogP contribution in [0.4, 0.5) is 4.79 Å². The third kappa shape index (κ3) is 3.97. The summed E-state index contributed by atoms with van der Waals surface area (Å²) < 4.78 is 5.37. The van der Waals surface area contributed by atoms with Crippen molar-refractivity contribution in [3.8, 4) is 0 Å². The van der Waals surface area contributed by atoms with E-state index < -0.39 is 11.7 Å². The molecule has 0 saturated carbocycles. The van der Waals surface area contributed by atoms with Crippen LogP contribution in [0.5, 0.6) is 0 Å². The van der Waals surface area contributed by atoms with E-state index in [9.17, 15) is 9.90 Å². The molecule has 1 aliphatic rings. The molecule has 1 aromatic carbocycles. The molecule has 2 atom stereocenters. The molecule has 1 saturated heterocycles. The number of β-amino-alcohol motifs (C(OH)–C–C–N with tert-alkyl or cyclic N) is 1. The third-order valence-corrected chi connectivity index (χ3v) is 3.82. The molecule has 1 N–H and O–H groups in total. The van der Waals surface area contributed by atoms with Crippen LogP contribution >= 0.6 is 0 Å². The summed E-state index contributed by atoms with van der Waals surface area (Å²) in [5.74, 6) is 0.0879. The van der Waals surface area contributed by atoms with Gasteiger partial charge >= 0.3 is 6.09 Å². The number of ether oxygens (including phenoxy) is 1. The van der Waals surface area contributed by atoms with Crippen LogP contribution in [-0.2, 0) is 4.74 Å². The fraction of sp³-hybridized carbons (Fsp3) is 0.588. The summed E-state index contributed by atoms with van der Waals surface area (Å²) in [6.07, 6.45) is -0.136. The second-order valence-electron chi connectivity index (χ2n) is 6.75. The predicted molar refractivity (Wildman–Crippen MR) is 82.4 cm³/mol. The lowest BCUT2D eigenvalue weighted by Crippen LogP contribution is -2.47. The highest BCUT2D eigenvalue weighted by Gasteiger charge is 2.33. The number of carbonyl (C=O) groups is 1. The molecule has 4 nitrogen and oxygen atoms in total. The van der Waals surface area contributed by atoms with E-state index in [-0.39, 0.29) is 12.0 Å². The van der Waals surface area contributed by atoms with Crippen LogP contribution < -0.4 is 0 Å². The molecular formula is C17H25NO3. The fourth-order valence-electron chi connectivity index (χ4n) is 2.79. The maximum absolute atomic E-state index is 12.1. The van der Waals surface area contributed by atoms with Crippen molar-refractivity contribution in [3.05, 3.63) is 35.4 Å². The van der Waals surface area contributed by atoms with Gasteiger partial charge in [0.05, 0.1) is 12.6 Å². The number of likely N-dealkylation sites (tertiary alicyclic amines) is 1. The highest BCUT2D eigenvalue weighted by Crippen LogP contribution is 2.31. The fourth-order valence-corrected chi connectivity index (χ4v) is 2.79. The SMILES string of the molecule is Cc1ccccc1[C@@H]1CCN(C(=O)OC(C)(C)C)C[C@H]1O. The molecule has 0 aliphatic carbocycles. The second-order valence-corrected chi connectivity index (χ2v) is 6.75. The largest absolute Gasteiger partial charge is 0.444 e. The molecule has 0 aromatic heterocycles. The van der Waals surface area contributed by atoms with Crippen LogP contribution in [0.1, 0.15) is 44.2 Å². The number of hydrogen-bond acceptors (Lipinski definition) is 3. The maximum Gasteiger partial charge on any atom is 0.410 e. The van der Waals surface area contributed by atoms with E-state index in [1.54, 1.807) is 4.90 Å². The van der Waals surface area contributed by atoms with Crippen molar-refractivity contribution >= 4 is 6.09 Å². The van der Waals surface area contributed by atoms with Crippen molar-refractivity contribution in [1.29, 1.82) is 0 Å². The Morgan fingerprint density at radius 2 is 2.00 bits per heavy atom. The number of carbonyl (C=O) groups excluding carboxylic acids is 1. The Morgan fingerprint density at radius 1 is 1.33 bits per heavy atom. The first kappa shape index (κ1) is 15.8. The molecule has 1 amide bonds. The second kappa shape index (κ2) is 6.06. The zero-order valence-electron chi connectivity index (χ0n) is 13.3. The minimum absolute atomic E-state index is 0.0879. The van der Waals surface area contributed by atoms with Gasteiger partial charge in [-0.2, -0.15) is 0 Å². The summed E-state index contributed by atoms with van der Waals surface area (Å²) in [6, 6.07) is 8.12. The van der Waals surface area contributed by atoms with Gasteiger partial charge in [-0.3, -0.25) is 0 Å². The number of benzene rings is 1. The van der Waals surface area contributed by atoms with E-state index in [1.807, 2.05) is 32.9 Å². The first-order valence-electron chi connectivity index (χ1n) is 7.49. The van der Waals surface area contributed by atoms with Crippen molar-refractivity contribution in [2.45, 2.75) is 51.7 Å². The quantitative estimate of drug-likeness (QED) is 0.865. The lowest BCUT2D eigenvalue weighted by Gasteiger charge is -2.37. The van der Waals surface area contributed by atoms with Gasteiger partial charge in [-0.05, 0) is 45.2 Å². The summed E-state index contributed by atoms with van der Waals surface area (Å²) in [6.45, 7) is 8.55. The standard InChI is InChI=1S/C17H25NO3/c1-12-7-5-6-8-13(12)14-9-10-18(11-15(14)19)16(20)21-17(2,3)4/h5-8,14-15,19H,9-11H2,1-4H3/t14-,15+/m0/s1. The van der Waals surface area contributed by atoms with Gasteiger partial charge in [0.15, 0.2) is 0 Å². The molecule has 1 heterocycles. The molecule has 2 rings (SSSR count). The van der Waals surface area contributed by atoms with Crippen molar-refractivity contribution in [1.82, 2.24) is 4.90 Å². The number of aliphatic hydroxyl groups excluding tert-OH is 1. The number of aryl methyl sites for hydroxylation is 1. The maximum atomic E-state index is 12.1. The number of piperidine rings is 1. The number of nitrogens with zero attached hydrogens (tertiary/aromatic N) is 1. The number of amides is 1. The Kier molecular flexibility index (Phi) is 4.57. The Morgan fingerprint density at radius 3 is 2.57 bits per heavy atom. The molecule has 0 radical (unpaired) electrons. The first-order chi connectivity index (χ1) is 9.78. The highest BCUT2D eigenvalue weighted by molar-refractivity contribution is 5.68. The van der Waals surface area contributed by atoms with Gasteiger partial charge in [0.2, 0.25) is 0 Å². The summed E-state index contributed by atoms with van der Waals surface area (Å²) >= 11 is 0. The van der Waals surface area contributed by atoms with Crippen LogP contribution in [0.3, 0.4) is 0 Å². The smallest absolute Gasteiger partial charge is 0.410 e. The average Bonchev–Trinajstić information content (AvgIpc) is 2.38. The Bertz CT molecular complexity index is 507. The van der Waals surface area contributed by atoms with Gasteiger partial charge in [0.25, 0.3) is 0 Å². The van der Waals surface area contributed by atoms with E-state index in [4.69, 9.17) is 4.74 Å². The normalized spacial score (nSPS) is 23.0. The molecule has 1 aliphatic heterocycles. The van der Waals surface area contributed by atoms with Gasteiger partial charge in [-0.25, -0.2) is 4.79 Å². The van der Waals surface area contributed by atoms with Gasteiger partial charge in [0.1, 0.15) is 5.60 Å². The average molecular weight is 291 g/mol. The third-order valence-electron chi connectivity index (χ3n) is 3.82. The van der Waals surface area contributed by atoms with Crippen LogP contribution in [0.25, 0.3) is 0 Å². The first-order valence-corrected chi connectivity index (χ1v) is 7.49. The molecule has 0 unspecified atom stereocenters. The van der Waals surface area contributed by atoms with Crippen molar-refractivity contribution in [2.24, 2.45) is 0 Å². The molecule has 1 fully saturated rings. The van der Waals surface area contributed by atoms with E-state index in [1.165, 1.54) is 11.1 Å². The van der Waals surface area contributed by atoms with Gasteiger partial charge in [0, 0.05) is 12.5 Å². The van der Waals surface area contributed by atoms with Crippen molar-refractivity contribution < 1.29 is 14.6 Å². The van der Waals surface area contributed by atoms with Crippen LogP contribution in [0.15, 0.2) is 24.3 Å². The number of aliphatic hydroxyl groups is 1. The molecule has 4 heteroatoms. The minimum Gasteiger partial charge on any atom is -0.444 e. The molecule has 116 valence electrons.